The van der Waals surface area contributed by atoms with Crippen molar-refractivity contribution in [3.63, 3.8) is 0 Å². The summed E-state index contributed by atoms with van der Waals surface area (Å²) in [4.78, 5) is 46.5. The summed E-state index contributed by atoms with van der Waals surface area (Å²) in [6.45, 7) is 3.28. The molecule has 3 heterocycles. The number of benzene rings is 3. The molecule has 1 saturated heterocycles. The predicted octanol–water partition coefficient (Wildman–Crippen LogP) is 4.69. The molecule has 3 N–H and O–H groups in total. The number of nitrogens with zero attached hydrogens (tertiary/aromatic N) is 3. The molecule has 15 nitrogen and oxygen atoms in total. The van der Waals surface area contributed by atoms with E-state index in [9.17, 15) is 19.0 Å². The van der Waals surface area contributed by atoms with Crippen molar-refractivity contribution >= 4 is 31.3 Å². The van der Waals surface area contributed by atoms with Crippen LogP contribution in [-0.2, 0) is 33.7 Å². The second-order valence-corrected chi connectivity index (χ2v) is 13.0. The first kappa shape index (κ1) is 36.8. The molecule has 1 aliphatic heterocycles. The average Bonchev–Trinajstić information content (AvgIpc) is 3.73. The Hall–Kier alpha value is -5.02. The van der Waals surface area contributed by atoms with Crippen molar-refractivity contribution in [3.8, 4) is 11.5 Å². The van der Waals surface area contributed by atoms with Crippen LogP contribution in [0.5, 0.6) is 11.5 Å². The lowest BCUT2D eigenvalue weighted by Gasteiger charge is -2.37. The van der Waals surface area contributed by atoms with E-state index in [1.807, 2.05) is 78.9 Å². The molecule has 0 aliphatic carbocycles. The molecule has 3 aromatic carbocycles. The maximum absolute atomic E-state index is 13.0. The number of carbonyl (C=O) groups excluding carboxylic acids is 1. The zero-order valence-electron chi connectivity index (χ0n) is 29.1. The number of methoxy groups -OCH3 is 3. The first-order valence-electron chi connectivity index (χ1n) is 16.4. The summed E-state index contributed by atoms with van der Waals surface area (Å²) in [6, 6.07) is 24.7. The third kappa shape index (κ3) is 7.19. The van der Waals surface area contributed by atoms with E-state index >= 15 is 0 Å². The Morgan fingerprint density at radius 2 is 1.56 bits per heavy atom. The molecular weight excluding hydrogens is 693 g/mol. The van der Waals surface area contributed by atoms with Gasteiger partial charge in [-0.05, 0) is 41.0 Å². The molecule has 0 spiro atoms. The van der Waals surface area contributed by atoms with Crippen LogP contribution >= 0.6 is 8.25 Å². The zero-order valence-corrected chi connectivity index (χ0v) is 30.0. The number of H-pyrrole nitrogens is 1. The highest BCUT2D eigenvalue weighted by Crippen LogP contribution is 2.44. The third-order valence-corrected chi connectivity index (χ3v) is 9.30. The molecule has 6 rings (SSSR count). The Bertz CT molecular complexity index is 2020. The van der Waals surface area contributed by atoms with Crippen LogP contribution in [0.3, 0.4) is 0 Å². The zero-order chi connectivity index (χ0) is 37.0. The first-order chi connectivity index (χ1) is 25.1. The molecule has 1 fully saturated rings. The minimum atomic E-state index is -3.14. The van der Waals surface area contributed by atoms with Crippen LogP contribution in [0, 0.1) is 5.92 Å². The number of aromatic nitrogens is 4. The molecule has 0 radical (unpaired) electrons. The van der Waals surface area contributed by atoms with Crippen molar-refractivity contribution in [2.75, 3.05) is 33.3 Å². The molecule has 272 valence electrons. The Kier molecular flexibility index (Phi) is 11.1. The fourth-order valence-electron chi connectivity index (χ4n) is 6.28. The van der Waals surface area contributed by atoms with Crippen molar-refractivity contribution in [1.29, 1.82) is 0 Å². The maximum atomic E-state index is 13.0. The van der Waals surface area contributed by atoms with Gasteiger partial charge >= 0.3 is 8.25 Å². The largest absolute Gasteiger partial charge is 0.695 e. The number of nitrogens with one attached hydrogen (secondary N) is 2. The van der Waals surface area contributed by atoms with Crippen molar-refractivity contribution in [3.05, 3.63) is 112 Å². The number of amides is 1. The molecule has 0 saturated carbocycles. The van der Waals surface area contributed by atoms with Gasteiger partial charge in [-0.25, -0.2) is 4.98 Å². The fourth-order valence-corrected chi connectivity index (χ4v) is 6.71. The van der Waals surface area contributed by atoms with Gasteiger partial charge < -0.3 is 23.7 Å². The maximum Gasteiger partial charge on any atom is 0.695 e. The lowest BCUT2D eigenvalue weighted by Crippen LogP contribution is -2.40. The SMILES string of the molecule is COc1ccc(C(OC[C@H]2O[C@@H](n3cnc4c(=O)[nH]c(NC(=O)C(C)C)nc43)[C@H](O[P+](=O)O)[C@@H]2OC)(c2ccccc2)c2ccc(OC)cc2)cc1. The van der Waals surface area contributed by atoms with Crippen LogP contribution in [0.1, 0.15) is 36.8 Å². The standard InChI is InChI=1S/C36H38N5O10P/c1-21(2)32(42)39-35-38-31-28(33(43)40-35)37-20-41(31)34-30(51-52(44)45)29(48-5)27(50-34)19-49-36(22-9-7-6-8-10-22,23-11-15-25(46-3)16-12-23)24-13-17-26(47-4)18-14-24/h6-18,20-21,27,29-30,34H,19H2,1-5H3,(H2-,38,39,40,42,43,44,45)/p+1/t27-,29-,30-,34-/m1/s1. The molecular formula is C36H39N5O10P+. The molecule has 1 amide bonds. The number of rotatable bonds is 14. The van der Waals surface area contributed by atoms with Gasteiger partial charge in [0.15, 0.2) is 23.5 Å². The van der Waals surface area contributed by atoms with E-state index in [2.05, 4.69) is 20.3 Å². The van der Waals surface area contributed by atoms with Gasteiger partial charge in [0, 0.05) is 17.6 Å². The summed E-state index contributed by atoms with van der Waals surface area (Å²) >= 11 is 0. The van der Waals surface area contributed by atoms with Crippen molar-refractivity contribution in [2.24, 2.45) is 5.92 Å². The van der Waals surface area contributed by atoms with Gasteiger partial charge in [-0.3, -0.25) is 24.5 Å². The minimum absolute atomic E-state index is 0.0427. The Morgan fingerprint density at radius 3 is 2.10 bits per heavy atom. The van der Waals surface area contributed by atoms with Crippen LogP contribution in [0.2, 0.25) is 0 Å². The number of carbonyl (C=O) groups is 1. The number of imidazole rings is 1. The molecule has 52 heavy (non-hydrogen) atoms. The summed E-state index contributed by atoms with van der Waals surface area (Å²) in [6.07, 6.45) is -2.88. The Balaban J connectivity index is 1.43. The monoisotopic (exact) mass is 732 g/mol. The molecule has 5 atom stereocenters. The quantitative estimate of drug-likeness (QED) is 0.106. The second-order valence-electron chi connectivity index (χ2n) is 12.3. The van der Waals surface area contributed by atoms with Gasteiger partial charge in [0.2, 0.25) is 11.9 Å². The van der Waals surface area contributed by atoms with E-state index in [0.29, 0.717) is 11.5 Å². The van der Waals surface area contributed by atoms with Crippen molar-refractivity contribution in [1.82, 2.24) is 19.5 Å². The van der Waals surface area contributed by atoms with E-state index < -0.39 is 44.0 Å². The number of ether oxygens (including phenoxy) is 5. The van der Waals surface area contributed by atoms with Gasteiger partial charge in [0.05, 0.1) is 27.2 Å². The number of fused-ring (bicyclic) bond motifs is 1. The fraction of sp³-hybridized carbons (Fsp3) is 0.333. The van der Waals surface area contributed by atoms with Crippen LogP contribution in [-0.4, -0.2) is 76.6 Å². The summed E-state index contributed by atoms with van der Waals surface area (Å²) in [5, 5.41) is 2.59. The van der Waals surface area contributed by atoms with E-state index in [1.54, 1.807) is 28.1 Å². The van der Waals surface area contributed by atoms with Crippen LogP contribution < -0.4 is 20.3 Å². The highest BCUT2D eigenvalue weighted by atomic mass is 31.1. The lowest BCUT2D eigenvalue weighted by atomic mass is 9.80. The van der Waals surface area contributed by atoms with Gasteiger partial charge in [-0.15, -0.1) is 9.42 Å². The molecule has 5 aromatic rings. The first-order valence-corrected chi connectivity index (χ1v) is 17.5. The van der Waals surface area contributed by atoms with Gasteiger partial charge in [-0.1, -0.05) is 68.4 Å². The summed E-state index contributed by atoms with van der Waals surface area (Å²) < 4.78 is 49.5. The highest BCUT2D eigenvalue weighted by molar-refractivity contribution is 7.32. The van der Waals surface area contributed by atoms with Crippen LogP contribution in [0.25, 0.3) is 11.2 Å². The molecule has 16 heteroatoms. The van der Waals surface area contributed by atoms with Gasteiger partial charge in [-0.2, -0.15) is 4.98 Å². The predicted molar refractivity (Wildman–Crippen MR) is 189 cm³/mol. The number of hydrogen-bond acceptors (Lipinski definition) is 11. The Labute approximate surface area is 299 Å². The number of aromatic amines is 1. The number of hydrogen-bond donors (Lipinski definition) is 3. The van der Waals surface area contributed by atoms with Gasteiger partial charge in [0.25, 0.3) is 5.56 Å². The molecule has 0 bridgehead atoms. The van der Waals surface area contributed by atoms with E-state index in [4.69, 9.17) is 28.2 Å². The topological polar surface area (TPSA) is 185 Å². The lowest BCUT2D eigenvalue weighted by molar-refractivity contribution is -0.118. The van der Waals surface area contributed by atoms with Crippen LogP contribution in [0.15, 0.2) is 90.0 Å². The molecule has 1 aliphatic rings. The summed E-state index contributed by atoms with van der Waals surface area (Å²) in [5.41, 5.74) is 0.536. The van der Waals surface area contributed by atoms with Crippen molar-refractivity contribution < 1.29 is 42.5 Å². The minimum Gasteiger partial charge on any atom is -0.497 e. The van der Waals surface area contributed by atoms with E-state index in [1.165, 1.54) is 18.0 Å². The third-order valence-electron chi connectivity index (χ3n) is 8.88. The highest BCUT2D eigenvalue weighted by Gasteiger charge is 2.53. The average molecular weight is 733 g/mol. The summed E-state index contributed by atoms with van der Waals surface area (Å²) in [7, 11) is 1.47. The molecule has 2 aromatic heterocycles. The molecule has 1 unspecified atom stereocenters. The van der Waals surface area contributed by atoms with Crippen LogP contribution in [0.4, 0.5) is 5.95 Å². The number of anilines is 1. The summed E-state index contributed by atoms with van der Waals surface area (Å²) in [5.74, 6) is 0.469. The van der Waals surface area contributed by atoms with Crippen molar-refractivity contribution in [2.45, 2.75) is 44.0 Å². The second kappa shape index (κ2) is 15.7. The van der Waals surface area contributed by atoms with E-state index in [-0.39, 0.29) is 35.5 Å². The van der Waals surface area contributed by atoms with Gasteiger partial charge in [0.1, 0.15) is 29.3 Å². The van der Waals surface area contributed by atoms with E-state index in [0.717, 1.165) is 16.7 Å². The normalized spacial score (nSPS) is 19.2. The Morgan fingerprint density at radius 1 is 0.962 bits per heavy atom. The smallest absolute Gasteiger partial charge is 0.497 e.